The zero-order valence-corrected chi connectivity index (χ0v) is 15.1. The standard InChI is InChI=1S/C18H29N5O2/c1-2-23-14-15(13-19-23)17(24)21-9-6-10-22(12-11-21)18(25)20-16-7-4-3-5-8-16/h13-14,16H,2-12H2,1H3,(H,20,25). The first kappa shape index (κ1) is 17.8. The highest BCUT2D eigenvalue weighted by Gasteiger charge is 2.25. The monoisotopic (exact) mass is 347 g/mol. The van der Waals surface area contributed by atoms with Crippen LogP contribution < -0.4 is 5.32 Å². The van der Waals surface area contributed by atoms with Gasteiger partial charge in [-0.3, -0.25) is 9.48 Å². The zero-order chi connectivity index (χ0) is 17.6. The lowest BCUT2D eigenvalue weighted by atomic mass is 9.96. The first-order valence-corrected chi connectivity index (χ1v) is 9.54. The molecule has 0 aromatic carbocycles. The Morgan fingerprint density at radius 3 is 2.52 bits per heavy atom. The normalized spacial score (nSPS) is 19.6. The maximum Gasteiger partial charge on any atom is 0.317 e. The molecule has 0 radical (unpaired) electrons. The van der Waals surface area contributed by atoms with E-state index >= 15 is 0 Å². The van der Waals surface area contributed by atoms with Gasteiger partial charge in [-0.1, -0.05) is 19.3 Å². The number of carbonyl (C=O) groups is 2. The number of hydrogen-bond donors (Lipinski definition) is 1. The van der Waals surface area contributed by atoms with Crippen molar-refractivity contribution >= 4 is 11.9 Å². The van der Waals surface area contributed by atoms with Gasteiger partial charge in [0.1, 0.15) is 0 Å². The molecule has 3 amide bonds. The summed E-state index contributed by atoms with van der Waals surface area (Å²) in [5.41, 5.74) is 0.627. The number of nitrogens with one attached hydrogen (secondary N) is 1. The Balaban J connectivity index is 1.52. The molecule has 1 aliphatic carbocycles. The molecule has 0 bridgehead atoms. The van der Waals surface area contributed by atoms with Crippen LogP contribution in [0.15, 0.2) is 12.4 Å². The highest BCUT2D eigenvalue weighted by molar-refractivity contribution is 5.93. The maximum absolute atomic E-state index is 12.6. The molecule has 138 valence electrons. The average molecular weight is 347 g/mol. The van der Waals surface area contributed by atoms with E-state index in [4.69, 9.17) is 0 Å². The van der Waals surface area contributed by atoms with Crippen LogP contribution >= 0.6 is 0 Å². The van der Waals surface area contributed by atoms with E-state index < -0.39 is 0 Å². The van der Waals surface area contributed by atoms with Crippen molar-refractivity contribution in [2.45, 2.75) is 58.0 Å². The number of aromatic nitrogens is 2. The summed E-state index contributed by atoms with van der Waals surface area (Å²) in [6.45, 7) is 5.30. The van der Waals surface area contributed by atoms with E-state index in [1.54, 1.807) is 17.1 Å². The highest BCUT2D eigenvalue weighted by Crippen LogP contribution is 2.18. The van der Waals surface area contributed by atoms with Crippen LogP contribution in [0.4, 0.5) is 4.79 Å². The molecule has 1 saturated heterocycles. The quantitative estimate of drug-likeness (QED) is 0.910. The summed E-state index contributed by atoms with van der Waals surface area (Å²) in [7, 11) is 0. The lowest BCUT2D eigenvalue weighted by Gasteiger charge is -2.27. The van der Waals surface area contributed by atoms with Crippen LogP contribution in [0.25, 0.3) is 0 Å². The van der Waals surface area contributed by atoms with Gasteiger partial charge in [0.15, 0.2) is 0 Å². The second-order valence-corrected chi connectivity index (χ2v) is 7.00. The summed E-state index contributed by atoms with van der Waals surface area (Å²) in [5.74, 6) is 0.00855. The number of aryl methyl sites for hydroxylation is 1. The largest absolute Gasteiger partial charge is 0.337 e. The molecule has 0 unspecified atom stereocenters. The van der Waals surface area contributed by atoms with Gasteiger partial charge in [0.2, 0.25) is 0 Å². The Bertz CT molecular complexity index is 594. The van der Waals surface area contributed by atoms with Gasteiger partial charge in [-0.15, -0.1) is 0 Å². The van der Waals surface area contributed by atoms with Crippen molar-refractivity contribution in [2.24, 2.45) is 0 Å². The number of urea groups is 1. The third kappa shape index (κ3) is 4.52. The van der Waals surface area contributed by atoms with E-state index in [9.17, 15) is 9.59 Å². The van der Waals surface area contributed by atoms with Gasteiger partial charge in [-0.2, -0.15) is 5.10 Å². The summed E-state index contributed by atoms with van der Waals surface area (Å²) < 4.78 is 1.76. The first-order valence-electron chi connectivity index (χ1n) is 9.54. The van der Waals surface area contributed by atoms with Crippen molar-refractivity contribution in [2.75, 3.05) is 26.2 Å². The van der Waals surface area contributed by atoms with Crippen molar-refractivity contribution < 1.29 is 9.59 Å². The summed E-state index contributed by atoms with van der Waals surface area (Å²) in [5, 5.41) is 7.35. The number of carbonyl (C=O) groups excluding carboxylic acids is 2. The first-order chi connectivity index (χ1) is 12.2. The van der Waals surface area contributed by atoms with Crippen molar-refractivity contribution in [1.29, 1.82) is 0 Å². The molecule has 3 rings (SSSR count). The van der Waals surface area contributed by atoms with Crippen LogP contribution in [0.3, 0.4) is 0 Å². The molecule has 25 heavy (non-hydrogen) atoms. The Kier molecular flexibility index (Phi) is 5.94. The van der Waals surface area contributed by atoms with Gasteiger partial charge < -0.3 is 15.1 Å². The van der Waals surface area contributed by atoms with Gasteiger partial charge in [0.25, 0.3) is 5.91 Å². The van der Waals surface area contributed by atoms with Gasteiger partial charge in [-0.25, -0.2) is 4.79 Å². The minimum absolute atomic E-state index is 0.00855. The van der Waals surface area contributed by atoms with Crippen molar-refractivity contribution in [1.82, 2.24) is 24.9 Å². The predicted octanol–water partition coefficient (Wildman–Crippen LogP) is 2.09. The summed E-state index contributed by atoms with van der Waals surface area (Å²) in [4.78, 5) is 28.8. The van der Waals surface area contributed by atoms with E-state index in [0.29, 0.717) is 37.8 Å². The molecular formula is C18H29N5O2. The van der Waals surface area contributed by atoms with Gasteiger partial charge in [-0.05, 0) is 26.2 Å². The molecule has 0 atom stereocenters. The van der Waals surface area contributed by atoms with Crippen molar-refractivity contribution in [3.05, 3.63) is 18.0 Å². The molecule has 1 aromatic heterocycles. The van der Waals surface area contributed by atoms with Gasteiger partial charge >= 0.3 is 6.03 Å². The van der Waals surface area contributed by atoms with Crippen LogP contribution in [-0.4, -0.2) is 63.7 Å². The minimum atomic E-state index is 0.00855. The molecule has 7 nitrogen and oxygen atoms in total. The lowest BCUT2D eigenvalue weighted by molar-refractivity contribution is 0.0762. The topological polar surface area (TPSA) is 70.5 Å². The Morgan fingerprint density at radius 2 is 1.80 bits per heavy atom. The van der Waals surface area contributed by atoms with Crippen molar-refractivity contribution in [3.8, 4) is 0 Å². The zero-order valence-electron chi connectivity index (χ0n) is 15.1. The Hall–Kier alpha value is -2.05. The van der Waals surface area contributed by atoms with Gasteiger partial charge in [0.05, 0.1) is 11.8 Å². The lowest BCUT2D eigenvalue weighted by Crippen LogP contribution is -2.46. The number of amides is 3. The molecule has 1 saturated carbocycles. The second kappa shape index (κ2) is 8.36. The summed E-state index contributed by atoms with van der Waals surface area (Å²) >= 11 is 0. The number of hydrogen-bond acceptors (Lipinski definition) is 3. The van der Waals surface area contributed by atoms with Crippen LogP contribution in [0.5, 0.6) is 0 Å². The molecule has 1 aromatic rings. The fourth-order valence-corrected chi connectivity index (χ4v) is 3.67. The van der Waals surface area contributed by atoms with Crippen LogP contribution in [0.2, 0.25) is 0 Å². The average Bonchev–Trinajstić information content (AvgIpc) is 2.98. The van der Waals surface area contributed by atoms with Crippen LogP contribution in [0.1, 0.15) is 55.8 Å². The van der Waals surface area contributed by atoms with E-state index in [0.717, 1.165) is 25.8 Å². The third-order valence-corrected chi connectivity index (χ3v) is 5.21. The Morgan fingerprint density at radius 1 is 1.08 bits per heavy atom. The third-order valence-electron chi connectivity index (χ3n) is 5.21. The van der Waals surface area contributed by atoms with E-state index in [1.807, 2.05) is 16.7 Å². The van der Waals surface area contributed by atoms with Crippen LogP contribution in [0, 0.1) is 0 Å². The maximum atomic E-state index is 12.6. The SMILES string of the molecule is CCn1cc(C(=O)N2CCCN(C(=O)NC3CCCCC3)CC2)cn1. The molecule has 2 aliphatic rings. The molecule has 7 heteroatoms. The van der Waals surface area contributed by atoms with E-state index in [1.165, 1.54) is 19.3 Å². The fraction of sp³-hybridized carbons (Fsp3) is 0.722. The number of rotatable bonds is 3. The summed E-state index contributed by atoms with van der Waals surface area (Å²) in [6, 6.07) is 0.349. The summed E-state index contributed by atoms with van der Waals surface area (Å²) in [6.07, 6.45) is 10.1. The van der Waals surface area contributed by atoms with Crippen LogP contribution in [-0.2, 0) is 6.54 Å². The second-order valence-electron chi connectivity index (χ2n) is 7.00. The highest BCUT2D eigenvalue weighted by atomic mass is 16.2. The van der Waals surface area contributed by atoms with Crippen molar-refractivity contribution in [3.63, 3.8) is 0 Å². The molecule has 1 N–H and O–H groups in total. The van der Waals surface area contributed by atoms with E-state index in [2.05, 4.69) is 10.4 Å². The molecular weight excluding hydrogens is 318 g/mol. The number of nitrogens with zero attached hydrogens (tertiary/aromatic N) is 4. The molecule has 1 aliphatic heterocycles. The minimum Gasteiger partial charge on any atom is -0.337 e. The Labute approximate surface area is 149 Å². The molecule has 0 spiro atoms. The fourth-order valence-electron chi connectivity index (χ4n) is 3.67. The smallest absolute Gasteiger partial charge is 0.317 e. The van der Waals surface area contributed by atoms with Gasteiger partial charge in [0, 0.05) is 45.0 Å². The molecule has 2 heterocycles. The predicted molar refractivity (Wildman–Crippen MR) is 95.4 cm³/mol. The van der Waals surface area contributed by atoms with E-state index in [-0.39, 0.29) is 11.9 Å². The molecule has 2 fully saturated rings.